The molecule has 3 aliphatic rings. The van der Waals surface area contributed by atoms with Gasteiger partial charge < -0.3 is 10.6 Å². The second-order valence-electron chi connectivity index (χ2n) is 7.10. The first kappa shape index (κ1) is 13.2. The fourth-order valence-corrected chi connectivity index (χ4v) is 4.24. The van der Waals surface area contributed by atoms with Crippen molar-refractivity contribution in [2.24, 2.45) is 0 Å². The van der Waals surface area contributed by atoms with Gasteiger partial charge in [-0.2, -0.15) is 5.26 Å². The van der Waals surface area contributed by atoms with E-state index >= 15 is 0 Å². The van der Waals surface area contributed by atoms with Crippen LogP contribution in [0.4, 0.5) is 5.69 Å². The van der Waals surface area contributed by atoms with Crippen LogP contribution in [0.1, 0.15) is 56.4 Å². The van der Waals surface area contributed by atoms with E-state index in [1.54, 1.807) is 0 Å². The van der Waals surface area contributed by atoms with Crippen LogP contribution < -0.4 is 10.6 Å². The first-order valence-electron chi connectivity index (χ1n) is 8.32. The summed E-state index contributed by atoms with van der Waals surface area (Å²) in [5.41, 5.74) is 2.27. The van der Waals surface area contributed by atoms with Crippen molar-refractivity contribution in [3.8, 4) is 6.07 Å². The second kappa shape index (κ2) is 5.03. The van der Waals surface area contributed by atoms with Crippen LogP contribution in [0.25, 0.3) is 0 Å². The lowest BCUT2D eigenvalue weighted by molar-refractivity contribution is 0.356. The van der Waals surface area contributed by atoms with Crippen LogP contribution in [-0.2, 0) is 0 Å². The van der Waals surface area contributed by atoms with Crippen LogP contribution in [0, 0.1) is 11.3 Å². The predicted octanol–water partition coefficient (Wildman–Crippen LogP) is 3.54. The van der Waals surface area contributed by atoms with Crippen molar-refractivity contribution in [2.75, 3.05) is 5.32 Å². The van der Waals surface area contributed by atoms with Crippen LogP contribution in [0.3, 0.4) is 0 Å². The van der Waals surface area contributed by atoms with Crippen LogP contribution in [-0.4, -0.2) is 17.6 Å². The molecular formula is C18H23N3. The molecule has 0 aromatic heterocycles. The number of piperidine rings is 1. The molecule has 21 heavy (non-hydrogen) atoms. The highest BCUT2D eigenvalue weighted by Crippen LogP contribution is 2.38. The lowest BCUT2D eigenvalue weighted by Gasteiger charge is -2.37. The molecule has 1 aromatic carbocycles. The smallest absolute Gasteiger partial charge is 0.125 e. The van der Waals surface area contributed by atoms with E-state index in [-0.39, 0.29) is 5.54 Å². The number of nitriles is 1. The number of anilines is 1. The standard InChI is InChI=1S/C18H23N3/c19-12-18(8-1-9-18)21-15-4-2-13(3-5-15)14-10-16-6-7-17(11-14)20-16/h2-5,14,16-17,20-21H,1,6-11H2. The Bertz CT molecular complexity index is 541. The van der Waals surface area contributed by atoms with Crippen LogP contribution in [0.2, 0.25) is 0 Å². The van der Waals surface area contributed by atoms with Gasteiger partial charge in [-0.1, -0.05) is 12.1 Å². The molecule has 1 saturated carbocycles. The van der Waals surface area contributed by atoms with E-state index in [2.05, 4.69) is 41.0 Å². The maximum atomic E-state index is 9.30. The van der Waals surface area contributed by atoms with Gasteiger partial charge in [-0.15, -0.1) is 0 Å². The third kappa shape index (κ3) is 2.42. The zero-order valence-electron chi connectivity index (χ0n) is 12.4. The van der Waals surface area contributed by atoms with E-state index in [9.17, 15) is 5.26 Å². The van der Waals surface area contributed by atoms with Crippen LogP contribution in [0.15, 0.2) is 24.3 Å². The fraction of sp³-hybridized carbons (Fsp3) is 0.611. The molecule has 2 N–H and O–H groups in total. The van der Waals surface area contributed by atoms with Gasteiger partial charge in [0.2, 0.25) is 0 Å². The Kier molecular flexibility index (Phi) is 3.15. The molecule has 0 amide bonds. The molecule has 2 unspecified atom stereocenters. The summed E-state index contributed by atoms with van der Waals surface area (Å²) in [5, 5.41) is 16.4. The van der Waals surface area contributed by atoms with Gasteiger partial charge >= 0.3 is 0 Å². The zero-order valence-corrected chi connectivity index (χ0v) is 12.4. The highest BCUT2D eigenvalue weighted by atomic mass is 15.0. The summed E-state index contributed by atoms with van der Waals surface area (Å²) in [7, 11) is 0. The van der Waals surface area contributed by atoms with Crippen molar-refractivity contribution in [1.29, 1.82) is 5.26 Å². The number of fused-ring (bicyclic) bond motifs is 2. The van der Waals surface area contributed by atoms with Crippen molar-refractivity contribution < 1.29 is 0 Å². The summed E-state index contributed by atoms with van der Waals surface area (Å²) >= 11 is 0. The Hall–Kier alpha value is -1.53. The number of rotatable bonds is 3. The van der Waals surface area contributed by atoms with Crippen molar-refractivity contribution in [3.63, 3.8) is 0 Å². The molecule has 3 heteroatoms. The van der Waals surface area contributed by atoms with E-state index in [1.807, 2.05) is 0 Å². The summed E-state index contributed by atoms with van der Waals surface area (Å²) in [6.07, 6.45) is 8.39. The van der Waals surface area contributed by atoms with Gasteiger partial charge in [0.15, 0.2) is 0 Å². The summed E-state index contributed by atoms with van der Waals surface area (Å²) in [4.78, 5) is 0. The minimum absolute atomic E-state index is 0.296. The SMILES string of the molecule is N#CC1(Nc2ccc(C3CC4CCC(C3)N4)cc2)CCC1. The molecule has 0 radical (unpaired) electrons. The van der Waals surface area contributed by atoms with Gasteiger partial charge in [0.05, 0.1) is 6.07 Å². The first-order valence-corrected chi connectivity index (χ1v) is 8.32. The summed E-state index contributed by atoms with van der Waals surface area (Å²) in [5.74, 6) is 0.714. The molecule has 0 spiro atoms. The van der Waals surface area contributed by atoms with Crippen LogP contribution in [0.5, 0.6) is 0 Å². The third-order valence-corrected chi connectivity index (χ3v) is 5.66. The van der Waals surface area contributed by atoms with Crippen molar-refractivity contribution in [3.05, 3.63) is 29.8 Å². The molecule has 2 atom stereocenters. The number of hydrogen-bond acceptors (Lipinski definition) is 3. The average molecular weight is 281 g/mol. The third-order valence-electron chi connectivity index (χ3n) is 5.66. The Morgan fingerprint density at radius 2 is 1.76 bits per heavy atom. The van der Waals surface area contributed by atoms with E-state index in [1.165, 1.54) is 31.2 Å². The maximum Gasteiger partial charge on any atom is 0.125 e. The molecular weight excluding hydrogens is 258 g/mol. The van der Waals surface area contributed by atoms with E-state index in [4.69, 9.17) is 0 Å². The largest absolute Gasteiger partial charge is 0.367 e. The molecule has 4 rings (SSSR count). The predicted molar refractivity (Wildman–Crippen MR) is 84.2 cm³/mol. The number of nitrogens with zero attached hydrogens (tertiary/aromatic N) is 1. The quantitative estimate of drug-likeness (QED) is 0.891. The molecule has 110 valence electrons. The molecule has 2 heterocycles. The molecule has 2 bridgehead atoms. The van der Waals surface area contributed by atoms with Crippen molar-refractivity contribution in [2.45, 2.75) is 68.5 Å². The number of benzene rings is 1. The number of hydrogen-bond donors (Lipinski definition) is 2. The summed E-state index contributed by atoms with van der Waals surface area (Å²) in [6, 6.07) is 12.8. The monoisotopic (exact) mass is 281 g/mol. The molecule has 1 aliphatic carbocycles. The Balaban J connectivity index is 1.45. The second-order valence-corrected chi connectivity index (χ2v) is 7.10. The Labute approximate surface area is 126 Å². The van der Waals surface area contributed by atoms with Gasteiger partial charge in [0.1, 0.15) is 5.54 Å². The van der Waals surface area contributed by atoms with Crippen molar-refractivity contribution in [1.82, 2.24) is 5.32 Å². The first-order chi connectivity index (χ1) is 10.3. The molecule has 3 nitrogen and oxygen atoms in total. The summed E-state index contributed by atoms with van der Waals surface area (Å²) < 4.78 is 0. The zero-order chi connectivity index (χ0) is 14.3. The van der Waals surface area contributed by atoms with Gasteiger partial charge in [-0.25, -0.2) is 0 Å². The van der Waals surface area contributed by atoms with E-state index in [0.29, 0.717) is 5.92 Å². The average Bonchev–Trinajstić information content (AvgIpc) is 2.82. The van der Waals surface area contributed by atoms with Crippen LogP contribution >= 0.6 is 0 Å². The minimum atomic E-state index is -0.296. The topological polar surface area (TPSA) is 47.9 Å². The van der Waals surface area contributed by atoms with E-state index < -0.39 is 0 Å². The van der Waals surface area contributed by atoms with Gasteiger partial charge in [-0.3, -0.25) is 0 Å². The summed E-state index contributed by atoms with van der Waals surface area (Å²) in [6.45, 7) is 0. The normalized spacial score (nSPS) is 33.0. The highest BCUT2D eigenvalue weighted by Gasteiger charge is 2.37. The molecule has 2 aliphatic heterocycles. The Morgan fingerprint density at radius 1 is 1.10 bits per heavy atom. The van der Waals surface area contributed by atoms with E-state index in [0.717, 1.165) is 37.0 Å². The fourth-order valence-electron chi connectivity index (χ4n) is 4.24. The van der Waals surface area contributed by atoms with Gasteiger partial charge in [0.25, 0.3) is 0 Å². The molecule has 3 fully saturated rings. The number of nitrogens with one attached hydrogen (secondary N) is 2. The highest BCUT2D eigenvalue weighted by molar-refractivity contribution is 5.50. The minimum Gasteiger partial charge on any atom is -0.367 e. The van der Waals surface area contributed by atoms with Gasteiger partial charge in [-0.05, 0) is 68.6 Å². The lowest BCUT2D eigenvalue weighted by Crippen LogP contribution is -2.43. The van der Waals surface area contributed by atoms with Crippen molar-refractivity contribution >= 4 is 5.69 Å². The molecule has 1 aromatic rings. The van der Waals surface area contributed by atoms with Gasteiger partial charge in [0, 0.05) is 17.8 Å². The lowest BCUT2D eigenvalue weighted by atomic mass is 9.78. The maximum absolute atomic E-state index is 9.30. The Morgan fingerprint density at radius 3 is 2.29 bits per heavy atom. The molecule has 2 saturated heterocycles.